The number of methoxy groups -OCH3 is 1. The van der Waals surface area contributed by atoms with Crippen LogP contribution in [-0.4, -0.2) is 72.7 Å². The van der Waals surface area contributed by atoms with E-state index in [-0.39, 0.29) is 11.6 Å². The van der Waals surface area contributed by atoms with Crippen LogP contribution < -0.4 is 4.74 Å². The number of halogens is 1. The standard InChI is InChI=1S/C21H25FN4O3/c1-13-19(22)20(28)24-21(23-13)26-11-15-9-25(10-16(15)12-26)18(27)8-5-14-3-6-17(29-2)7-4-14/h3-4,6-7,15-16,19H,5,8-12H2,1-2H3. The SMILES string of the molecule is COc1ccc(CCC(=O)N2CC3CN(C4=NC(=O)C(F)C(C)=N4)CC3C2)cc1. The van der Waals surface area contributed by atoms with Crippen LogP contribution in [0.15, 0.2) is 34.3 Å². The van der Waals surface area contributed by atoms with Crippen molar-refractivity contribution in [3.8, 4) is 5.75 Å². The van der Waals surface area contributed by atoms with Crippen LogP contribution in [0.2, 0.25) is 0 Å². The molecule has 1 aromatic carbocycles. The van der Waals surface area contributed by atoms with Crippen molar-refractivity contribution in [3.63, 3.8) is 0 Å². The third kappa shape index (κ3) is 4.02. The second kappa shape index (κ2) is 7.93. The van der Waals surface area contributed by atoms with Gasteiger partial charge in [0.05, 0.1) is 12.8 Å². The number of hydrogen-bond acceptors (Lipinski definition) is 5. The van der Waals surface area contributed by atoms with Crippen molar-refractivity contribution >= 4 is 23.5 Å². The topological polar surface area (TPSA) is 74.6 Å². The van der Waals surface area contributed by atoms with Gasteiger partial charge in [0.2, 0.25) is 18.0 Å². The molecule has 8 heteroatoms. The normalized spacial score (nSPS) is 26.3. The minimum absolute atomic E-state index is 0.160. The van der Waals surface area contributed by atoms with Crippen molar-refractivity contribution in [1.82, 2.24) is 9.80 Å². The summed E-state index contributed by atoms with van der Waals surface area (Å²) >= 11 is 0. The maximum Gasteiger partial charge on any atom is 0.289 e. The molecule has 0 spiro atoms. The van der Waals surface area contributed by atoms with Gasteiger partial charge < -0.3 is 14.5 Å². The van der Waals surface area contributed by atoms with Gasteiger partial charge in [-0.05, 0) is 31.0 Å². The number of hydrogen-bond donors (Lipinski definition) is 0. The van der Waals surface area contributed by atoms with Crippen LogP contribution in [0.5, 0.6) is 5.75 Å². The van der Waals surface area contributed by atoms with Gasteiger partial charge in [-0.3, -0.25) is 9.59 Å². The molecule has 3 aliphatic rings. The summed E-state index contributed by atoms with van der Waals surface area (Å²) in [7, 11) is 1.63. The third-order valence-electron chi connectivity index (χ3n) is 5.98. The molecule has 154 valence electrons. The molecular weight excluding hydrogens is 375 g/mol. The summed E-state index contributed by atoms with van der Waals surface area (Å²) in [6.45, 7) is 4.30. The first-order valence-electron chi connectivity index (χ1n) is 9.92. The number of carbonyl (C=O) groups excluding carboxylic acids is 2. The summed E-state index contributed by atoms with van der Waals surface area (Å²) in [4.78, 5) is 36.1. The predicted molar refractivity (Wildman–Crippen MR) is 107 cm³/mol. The van der Waals surface area contributed by atoms with Crippen molar-refractivity contribution in [1.29, 1.82) is 0 Å². The fraction of sp³-hybridized carbons (Fsp3) is 0.524. The lowest BCUT2D eigenvalue weighted by atomic mass is 10.0. The molecule has 3 unspecified atom stereocenters. The van der Waals surface area contributed by atoms with E-state index in [0.29, 0.717) is 56.8 Å². The van der Waals surface area contributed by atoms with Gasteiger partial charge in [0, 0.05) is 44.4 Å². The van der Waals surface area contributed by atoms with Gasteiger partial charge in [-0.25, -0.2) is 9.38 Å². The van der Waals surface area contributed by atoms with E-state index in [9.17, 15) is 14.0 Å². The molecule has 3 heterocycles. The van der Waals surface area contributed by atoms with Gasteiger partial charge >= 0.3 is 0 Å². The molecule has 4 rings (SSSR count). The Hall–Kier alpha value is -2.77. The fourth-order valence-corrected chi connectivity index (χ4v) is 4.28. The number of fused-ring (bicyclic) bond motifs is 1. The van der Waals surface area contributed by atoms with Gasteiger partial charge in [0.1, 0.15) is 5.75 Å². The minimum atomic E-state index is -1.72. The zero-order chi connectivity index (χ0) is 20.5. The first-order valence-corrected chi connectivity index (χ1v) is 9.92. The highest BCUT2D eigenvalue weighted by molar-refractivity contribution is 6.16. The molecule has 3 atom stereocenters. The lowest BCUT2D eigenvalue weighted by Crippen LogP contribution is -2.38. The number of alkyl halides is 1. The Morgan fingerprint density at radius 2 is 1.79 bits per heavy atom. The summed E-state index contributed by atoms with van der Waals surface area (Å²) in [5.74, 6) is 1.17. The van der Waals surface area contributed by atoms with Gasteiger partial charge in [-0.2, -0.15) is 4.99 Å². The Morgan fingerprint density at radius 1 is 1.14 bits per heavy atom. The average Bonchev–Trinajstić information content (AvgIpc) is 3.29. The predicted octanol–water partition coefficient (Wildman–Crippen LogP) is 1.71. The van der Waals surface area contributed by atoms with Gasteiger partial charge in [0.15, 0.2) is 0 Å². The molecular formula is C21H25FN4O3. The van der Waals surface area contributed by atoms with E-state index < -0.39 is 12.1 Å². The number of nitrogens with zero attached hydrogens (tertiary/aromatic N) is 4. The number of ether oxygens (including phenoxy) is 1. The Morgan fingerprint density at radius 3 is 2.38 bits per heavy atom. The van der Waals surface area contributed by atoms with Crippen LogP contribution in [0, 0.1) is 11.8 Å². The summed E-state index contributed by atoms with van der Waals surface area (Å²) in [5.41, 5.74) is 1.27. The van der Waals surface area contributed by atoms with E-state index in [2.05, 4.69) is 9.98 Å². The highest BCUT2D eigenvalue weighted by Gasteiger charge is 2.43. The van der Waals surface area contributed by atoms with E-state index in [4.69, 9.17) is 4.74 Å². The van der Waals surface area contributed by atoms with Gasteiger partial charge in [-0.1, -0.05) is 12.1 Å². The van der Waals surface area contributed by atoms with Crippen LogP contribution in [0.25, 0.3) is 0 Å². The lowest BCUT2D eigenvalue weighted by Gasteiger charge is -2.24. The molecule has 0 radical (unpaired) electrons. The Labute approximate surface area is 169 Å². The van der Waals surface area contributed by atoms with E-state index in [1.54, 1.807) is 7.11 Å². The van der Waals surface area contributed by atoms with Crippen LogP contribution in [-0.2, 0) is 16.0 Å². The lowest BCUT2D eigenvalue weighted by molar-refractivity contribution is -0.130. The summed E-state index contributed by atoms with van der Waals surface area (Å²) in [6, 6.07) is 7.78. The van der Waals surface area contributed by atoms with Crippen molar-refractivity contribution in [2.45, 2.75) is 25.9 Å². The molecule has 3 aliphatic heterocycles. The number of aliphatic imine (C=N–C) groups is 2. The maximum absolute atomic E-state index is 13.6. The number of likely N-dealkylation sites (tertiary alicyclic amines) is 2. The van der Waals surface area contributed by atoms with E-state index in [1.165, 1.54) is 6.92 Å². The fourth-order valence-electron chi connectivity index (χ4n) is 4.28. The van der Waals surface area contributed by atoms with Crippen LogP contribution in [0.4, 0.5) is 4.39 Å². The number of benzene rings is 1. The molecule has 2 amide bonds. The van der Waals surface area contributed by atoms with Crippen LogP contribution in [0.3, 0.4) is 0 Å². The minimum Gasteiger partial charge on any atom is -0.497 e. The number of aryl methyl sites for hydroxylation is 1. The second-order valence-electron chi connectivity index (χ2n) is 7.94. The smallest absolute Gasteiger partial charge is 0.289 e. The Bertz CT molecular complexity index is 853. The molecule has 1 aromatic rings. The highest BCUT2D eigenvalue weighted by Crippen LogP contribution is 2.32. The molecule has 7 nitrogen and oxygen atoms in total. The molecule has 0 saturated carbocycles. The number of rotatable bonds is 4. The molecule has 0 bridgehead atoms. The molecule has 0 aromatic heterocycles. The average molecular weight is 400 g/mol. The first kappa shape index (κ1) is 19.5. The van der Waals surface area contributed by atoms with Crippen LogP contribution in [0.1, 0.15) is 18.9 Å². The van der Waals surface area contributed by atoms with Gasteiger partial charge in [0.25, 0.3) is 5.91 Å². The highest BCUT2D eigenvalue weighted by atomic mass is 19.1. The third-order valence-corrected chi connectivity index (χ3v) is 5.98. The number of amides is 2. The number of guanidine groups is 1. The van der Waals surface area contributed by atoms with Crippen molar-refractivity contribution in [2.75, 3.05) is 33.3 Å². The Kier molecular flexibility index (Phi) is 5.34. The van der Waals surface area contributed by atoms with E-state index in [1.807, 2.05) is 34.1 Å². The molecule has 0 N–H and O–H groups in total. The largest absolute Gasteiger partial charge is 0.497 e. The summed E-state index contributed by atoms with van der Waals surface area (Å²) < 4.78 is 18.7. The van der Waals surface area contributed by atoms with Crippen LogP contribution >= 0.6 is 0 Å². The number of carbonyl (C=O) groups is 2. The maximum atomic E-state index is 13.6. The molecule has 2 fully saturated rings. The molecule has 2 saturated heterocycles. The van der Waals surface area contributed by atoms with Crippen molar-refractivity contribution < 1.29 is 18.7 Å². The monoisotopic (exact) mass is 400 g/mol. The molecule has 29 heavy (non-hydrogen) atoms. The van der Waals surface area contributed by atoms with E-state index >= 15 is 0 Å². The van der Waals surface area contributed by atoms with Crippen molar-refractivity contribution in [3.05, 3.63) is 29.8 Å². The zero-order valence-electron chi connectivity index (χ0n) is 16.7. The summed E-state index contributed by atoms with van der Waals surface area (Å²) in [6.07, 6.45) is -0.532. The van der Waals surface area contributed by atoms with Crippen molar-refractivity contribution in [2.24, 2.45) is 21.8 Å². The first-order chi connectivity index (χ1) is 13.9. The second-order valence-corrected chi connectivity index (χ2v) is 7.94. The quantitative estimate of drug-likeness (QED) is 0.771. The van der Waals surface area contributed by atoms with E-state index in [0.717, 1.165) is 11.3 Å². The zero-order valence-corrected chi connectivity index (χ0v) is 16.7. The summed E-state index contributed by atoms with van der Waals surface area (Å²) in [5, 5.41) is 0. The Balaban J connectivity index is 1.29. The van der Waals surface area contributed by atoms with Gasteiger partial charge in [-0.15, -0.1) is 0 Å². The molecule has 0 aliphatic carbocycles.